The summed E-state index contributed by atoms with van der Waals surface area (Å²) in [4.78, 5) is 10.9. The van der Waals surface area contributed by atoms with E-state index in [2.05, 4.69) is 0 Å². The smallest absolute Gasteiger partial charge is 0.306 e. The molecule has 0 spiro atoms. The van der Waals surface area contributed by atoms with Crippen LogP contribution in [0.25, 0.3) is 0 Å². The Labute approximate surface area is 107 Å². The lowest BCUT2D eigenvalue weighted by Crippen LogP contribution is -2.23. The van der Waals surface area contributed by atoms with Crippen LogP contribution in [0.1, 0.15) is 32.4 Å². The van der Waals surface area contributed by atoms with Crippen LogP contribution in [0, 0.1) is 11.8 Å². The van der Waals surface area contributed by atoms with Crippen molar-refractivity contribution in [1.29, 1.82) is 0 Å². The molecule has 4 nitrogen and oxygen atoms in total. The second-order valence-corrected chi connectivity index (χ2v) is 4.44. The van der Waals surface area contributed by atoms with Gasteiger partial charge in [-0.05, 0) is 30.5 Å². The van der Waals surface area contributed by atoms with Gasteiger partial charge in [-0.2, -0.15) is 0 Å². The van der Waals surface area contributed by atoms with E-state index in [9.17, 15) is 9.90 Å². The highest BCUT2D eigenvalue weighted by Crippen LogP contribution is 2.29. The number of ether oxygens (including phenoxy) is 1. The summed E-state index contributed by atoms with van der Waals surface area (Å²) in [5, 5.41) is 19.1. The zero-order chi connectivity index (χ0) is 13.7. The maximum Gasteiger partial charge on any atom is 0.306 e. The van der Waals surface area contributed by atoms with Crippen molar-refractivity contribution >= 4 is 5.97 Å². The predicted molar refractivity (Wildman–Crippen MR) is 68.5 cm³/mol. The summed E-state index contributed by atoms with van der Waals surface area (Å²) in [6.07, 6.45) is -0.809. The Morgan fingerprint density at radius 3 is 2.61 bits per heavy atom. The molecule has 0 saturated heterocycles. The van der Waals surface area contributed by atoms with Gasteiger partial charge in [-0.1, -0.05) is 26.0 Å². The van der Waals surface area contributed by atoms with Gasteiger partial charge in [0.15, 0.2) is 0 Å². The number of aliphatic carboxylic acids is 1. The number of rotatable bonds is 6. The Balaban J connectivity index is 2.85. The molecule has 3 unspecified atom stereocenters. The molecule has 0 saturated carbocycles. The van der Waals surface area contributed by atoms with Crippen LogP contribution in [-0.4, -0.2) is 22.8 Å². The first-order valence-electron chi connectivity index (χ1n) is 6.11. The molecule has 0 bridgehead atoms. The number of hydrogen-bond acceptors (Lipinski definition) is 3. The predicted octanol–water partition coefficient (Wildman–Crippen LogP) is 2.48. The van der Waals surface area contributed by atoms with E-state index in [-0.39, 0.29) is 5.92 Å². The minimum absolute atomic E-state index is 0.362. The van der Waals surface area contributed by atoms with Crippen molar-refractivity contribution < 1.29 is 19.7 Å². The van der Waals surface area contributed by atoms with Crippen LogP contribution < -0.4 is 4.74 Å². The van der Waals surface area contributed by atoms with Gasteiger partial charge in [0.05, 0.1) is 18.6 Å². The molecule has 1 aromatic rings. The highest BCUT2D eigenvalue weighted by Gasteiger charge is 2.27. The third kappa shape index (κ3) is 3.47. The van der Waals surface area contributed by atoms with Crippen molar-refractivity contribution in [1.82, 2.24) is 0 Å². The number of benzene rings is 1. The summed E-state index contributed by atoms with van der Waals surface area (Å²) in [5.74, 6) is -1.18. The molecule has 18 heavy (non-hydrogen) atoms. The molecule has 2 N–H and O–H groups in total. The first kappa shape index (κ1) is 14.5. The largest absolute Gasteiger partial charge is 0.494 e. The Kier molecular flexibility index (Phi) is 5.16. The van der Waals surface area contributed by atoms with Crippen LogP contribution >= 0.6 is 0 Å². The summed E-state index contributed by atoms with van der Waals surface area (Å²) in [7, 11) is 0. The fourth-order valence-electron chi connectivity index (χ4n) is 1.76. The Morgan fingerprint density at radius 1 is 1.39 bits per heavy atom. The van der Waals surface area contributed by atoms with Gasteiger partial charge in [0.1, 0.15) is 5.75 Å². The van der Waals surface area contributed by atoms with E-state index in [4.69, 9.17) is 9.84 Å². The van der Waals surface area contributed by atoms with Crippen LogP contribution in [0.5, 0.6) is 5.75 Å². The monoisotopic (exact) mass is 252 g/mol. The summed E-state index contributed by atoms with van der Waals surface area (Å²) in [5.41, 5.74) is 0.682. The van der Waals surface area contributed by atoms with E-state index in [1.165, 1.54) is 0 Å². The van der Waals surface area contributed by atoms with Crippen molar-refractivity contribution in [3.8, 4) is 5.75 Å². The standard InChI is InChI=1S/C14H20O4/c1-4-18-12-7-5-6-11(8-12)13(15)9(2)10(3)14(16)17/h5-10,13,15H,4H2,1-3H3,(H,16,17). The van der Waals surface area contributed by atoms with Gasteiger partial charge in [-0.15, -0.1) is 0 Å². The van der Waals surface area contributed by atoms with Gasteiger partial charge in [0.2, 0.25) is 0 Å². The van der Waals surface area contributed by atoms with Crippen molar-refractivity contribution in [3.05, 3.63) is 29.8 Å². The first-order chi connectivity index (χ1) is 8.47. The zero-order valence-corrected chi connectivity index (χ0v) is 11.0. The van der Waals surface area contributed by atoms with E-state index in [0.717, 1.165) is 0 Å². The van der Waals surface area contributed by atoms with Gasteiger partial charge in [0, 0.05) is 0 Å². The summed E-state index contributed by atoms with van der Waals surface area (Å²) in [6.45, 7) is 5.78. The molecule has 100 valence electrons. The van der Waals surface area contributed by atoms with E-state index in [1.54, 1.807) is 32.0 Å². The van der Waals surface area contributed by atoms with E-state index >= 15 is 0 Å². The normalized spacial score (nSPS) is 15.8. The maximum absolute atomic E-state index is 10.9. The van der Waals surface area contributed by atoms with Crippen molar-refractivity contribution in [2.75, 3.05) is 6.61 Å². The highest BCUT2D eigenvalue weighted by molar-refractivity contribution is 5.69. The van der Waals surface area contributed by atoms with E-state index in [0.29, 0.717) is 17.9 Å². The van der Waals surface area contributed by atoms with Gasteiger partial charge < -0.3 is 14.9 Å². The van der Waals surface area contributed by atoms with Gasteiger partial charge >= 0.3 is 5.97 Å². The van der Waals surface area contributed by atoms with Crippen LogP contribution in [0.4, 0.5) is 0 Å². The van der Waals surface area contributed by atoms with Gasteiger partial charge in [-0.3, -0.25) is 4.79 Å². The summed E-state index contributed by atoms with van der Waals surface area (Å²) in [6, 6.07) is 7.13. The summed E-state index contributed by atoms with van der Waals surface area (Å²) < 4.78 is 5.36. The highest BCUT2D eigenvalue weighted by atomic mass is 16.5. The molecule has 0 heterocycles. The van der Waals surface area contributed by atoms with Crippen LogP contribution in [0.2, 0.25) is 0 Å². The average Bonchev–Trinajstić information content (AvgIpc) is 2.36. The quantitative estimate of drug-likeness (QED) is 0.816. The molecule has 0 amide bonds. The van der Waals surface area contributed by atoms with Crippen molar-refractivity contribution in [3.63, 3.8) is 0 Å². The lowest BCUT2D eigenvalue weighted by atomic mass is 9.87. The Bertz CT molecular complexity index is 403. The number of aliphatic hydroxyl groups excluding tert-OH is 1. The number of aliphatic hydroxyl groups is 1. The minimum Gasteiger partial charge on any atom is -0.494 e. The van der Waals surface area contributed by atoms with Crippen molar-refractivity contribution in [2.45, 2.75) is 26.9 Å². The number of hydrogen-bond donors (Lipinski definition) is 2. The molecule has 0 aromatic heterocycles. The SMILES string of the molecule is CCOc1cccc(C(O)C(C)C(C)C(=O)O)c1. The topological polar surface area (TPSA) is 66.8 Å². The Morgan fingerprint density at radius 2 is 2.06 bits per heavy atom. The fourth-order valence-corrected chi connectivity index (χ4v) is 1.76. The molecule has 0 fully saturated rings. The zero-order valence-electron chi connectivity index (χ0n) is 11.0. The first-order valence-corrected chi connectivity index (χ1v) is 6.11. The molecule has 1 aromatic carbocycles. The number of carbonyl (C=O) groups is 1. The summed E-state index contributed by atoms with van der Waals surface area (Å²) >= 11 is 0. The molecule has 0 aliphatic rings. The molecule has 4 heteroatoms. The third-order valence-corrected chi connectivity index (χ3v) is 3.19. The molecule has 1 rings (SSSR count). The number of carboxylic acids is 1. The second-order valence-electron chi connectivity index (χ2n) is 4.44. The molecule has 0 aliphatic carbocycles. The second kappa shape index (κ2) is 6.40. The molecule has 0 radical (unpaired) electrons. The molecule has 0 aliphatic heterocycles. The maximum atomic E-state index is 10.9. The molecule has 3 atom stereocenters. The third-order valence-electron chi connectivity index (χ3n) is 3.19. The minimum atomic E-state index is -0.900. The van der Waals surface area contributed by atoms with E-state index in [1.807, 2.05) is 13.0 Å². The van der Waals surface area contributed by atoms with E-state index < -0.39 is 18.0 Å². The average molecular weight is 252 g/mol. The van der Waals surface area contributed by atoms with Gasteiger partial charge in [0.25, 0.3) is 0 Å². The number of carboxylic acid groups (broad SMARTS) is 1. The lowest BCUT2D eigenvalue weighted by Gasteiger charge is -2.23. The van der Waals surface area contributed by atoms with Crippen molar-refractivity contribution in [2.24, 2.45) is 11.8 Å². The lowest BCUT2D eigenvalue weighted by molar-refractivity contribution is -0.144. The van der Waals surface area contributed by atoms with Gasteiger partial charge in [-0.25, -0.2) is 0 Å². The van der Waals surface area contributed by atoms with Crippen LogP contribution in [0.15, 0.2) is 24.3 Å². The van der Waals surface area contributed by atoms with Crippen LogP contribution in [0.3, 0.4) is 0 Å². The molecular weight excluding hydrogens is 232 g/mol. The van der Waals surface area contributed by atoms with Crippen LogP contribution in [-0.2, 0) is 4.79 Å². The fraction of sp³-hybridized carbons (Fsp3) is 0.500. The Hall–Kier alpha value is -1.55. The molecular formula is C14H20O4.